The van der Waals surface area contributed by atoms with E-state index >= 15 is 0 Å². The van der Waals surface area contributed by atoms with Crippen LogP contribution < -0.4 is 11.3 Å². The Balaban J connectivity index is 2.90. The highest BCUT2D eigenvalue weighted by Crippen LogP contribution is 2.21. The quantitative estimate of drug-likeness (QED) is 0.472. The van der Waals surface area contributed by atoms with Gasteiger partial charge in [0.25, 0.3) is 0 Å². The predicted octanol–water partition coefficient (Wildman–Crippen LogP) is 2.40. The van der Waals surface area contributed by atoms with Gasteiger partial charge in [0, 0.05) is 6.42 Å². The number of nitrogens with two attached hydrogens (primary N) is 1. The van der Waals surface area contributed by atoms with E-state index in [0.29, 0.717) is 6.42 Å². The minimum atomic E-state index is -0.445. The van der Waals surface area contributed by atoms with E-state index in [9.17, 15) is 4.39 Å². The van der Waals surface area contributed by atoms with E-state index < -0.39 is 5.82 Å². The Morgan fingerprint density at radius 3 is 2.87 bits per heavy atom. The van der Waals surface area contributed by atoms with Gasteiger partial charge in [0.05, 0.1) is 11.1 Å². The number of hydrazine groups is 1. The third-order valence-electron chi connectivity index (χ3n) is 2.03. The maximum absolute atomic E-state index is 13.2. The molecule has 3 N–H and O–H groups in total. The van der Waals surface area contributed by atoms with Gasteiger partial charge in [-0.25, -0.2) is 4.39 Å². The molecule has 0 aliphatic heterocycles. The van der Waals surface area contributed by atoms with Gasteiger partial charge in [0.2, 0.25) is 0 Å². The summed E-state index contributed by atoms with van der Waals surface area (Å²) in [5, 5.41) is 0.107. The van der Waals surface area contributed by atoms with Crippen molar-refractivity contribution in [2.75, 3.05) is 0 Å². The van der Waals surface area contributed by atoms with Crippen LogP contribution in [0.5, 0.6) is 0 Å². The molecule has 1 rings (SSSR count). The molecule has 1 unspecified atom stereocenters. The van der Waals surface area contributed by atoms with Crippen molar-refractivity contribution in [1.82, 2.24) is 5.43 Å². The van der Waals surface area contributed by atoms with Crippen LogP contribution in [0.4, 0.5) is 4.39 Å². The predicted molar refractivity (Wildman–Crippen MR) is 59.5 cm³/mol. The smallest absolute Gasteiger partial charge is 0.142 e. The van der Waals surface area contributed by atoms with Gasteiger partial charge in [0.1, 0.15) is 5.82 Å². The first-order valence-corrected chi connectivity index (χ1v) is 4.87. The molecule has 1 aromatic rings. The zero-order valence-corrected chi connectivity index (χ0v) is 9.11. The summed E-state index contributed by atoms with van der Waals surface area (Å²) in [6.45, 7) is 1.75. The van der Waals surface area contributed by atoms with Gasteiger partial charge in [-0.2, -0.15) is 0 Å². The summed E-state index contributed by atoms with van der Waals surface area (Å²) < 4.78 is 13.2. The van der Waals surface area contributed by atoms with Crippen molar-refractivity contribution in [3.8, 4) is 11.8 Å². The standard InChI is InChI=1S/C11H12ClFN2/c1-2-3-4-11(15-14)8-5-6-9(12)10(13)7-8/h5-7,11,15H,4,14H2,1H3. The van der Waals surface area contributed by atoms with Crippen LogP contribution in [0.2, 0.25) is 5.02 Å². The SMILES string of the molecule is CC#CCC(NN)c1ccc(Cl)c(F)c1. The van der Waals surface area contributed by atoms with Crippen LogP contribution in [0.25, 0.3) is 0 Å². The highest BCUT2D eigenvalue weighted by atomic mass is 35.5. The minimum absolute atomic E-state index is 0.107. The van der Waals surface area contributed by atoms with Crippen molar-refractivity contribution in [2.24, 2.45) is 5.84 Å². The fourth-order valence-corrected chi connectivity index (χ4v) is 1.32. The third-order valence-corrected chi connectivity index (χ3v) is 2.34. The van der Waals surface area contributed by atoms with E-state index in [4.69, 9.17) is 17.4 Å². The van der Waals surface area contributed by atoms with Crippen molar-refractivity contribution < 1.29 is 4.39 Å². The summed E-state index contributed by atoms with van der Waals surface area (Å²) in [4.78, 5) is 0. The lowest BCUT2D eigenvalue weighted by Crippen LogP contribution is -2.27. The molecule has 0 saturated heterocycles. The molecule has 0 heterocycles. The maximum atomic E-state index is 13.2. The molecule has 0 radical (unpaired) electrons. The molecule has 2 nitrogen and oxygen atoms in total. The number of nitrogens with one attached hydrogen (secondary N) is 1. The second kappa shape index (κ2) is 5.72. The summed E-state index contributed by atoms with van der Waals surface area (Å²) in [5.41, 5.74) is 3.33. The van der Waals surface area contributed by atoms with Crippen molar-refractivity contribution in [2.45, 2.75) is 19.4 Å². The van der Waals surface area contributed by atoms with Gasteiger partial charge in [-0.1, -0.05) is 17.7 Å². The molecular formula is C11H12ClFN2. The van der Waals surface area contributed by atoms with Crippen LogP contribution >= 0.6 is 11.6 Å². The Kier molecular flexibility index (Phi) is 4.57. The molecule has 0 fully saturated rings. The Bertz CT molecular complexity index is 395. The van der Waals surface area contributed by atoms with Crippen molar-refractivity contribution >= 4 is 11.6 Å². The summed E-state index contributed by atoms with van der Waals surface area (Å²) in [7, 11) is 0. The third kappa shape index (κ3) is 3.21. The molecule has 4 heteroatoms. The number of halogens is 2. The molecule has 1 atom stereocenters. The summed E-state index contributed by atoms with van der Waals surface area (Å²) >= 11 is 5.58. The first-order chi connectivity index (χ1) is 7.19. The van der Waals surface area contributed by atoms with E-state index in [1.54, 1.807) is 13.0 Å². The van der Waals surface area contributed by atoms with E-state index in [-0.39, 0.29) is 11.1 Å². The van der Waals surface area contributed by atoms with E-state index in [1.165, 1.54) is 12.1 Å². The molecule has 0 bridgehead atoms. The molecule has 80 valence electrons. The first kappa shape index (κ1) is 12.0. The molecular weight excluding hydrogens is 215 g/mol. The average molecular weight is 227 g/mol. The zero-order valence-electron chi connectivity index (χ0n) is 8.35. The van der Waals surface area contributed by atoms with Crippen LogP contribution in [0.15, 0.2) is 18.2 Å². The Hall–Kier alpha value is -1.08. The number of benzene rings is 1. The van der Waals surface area contributed by atoms with Gasteiger partial charge in [-0.05, 0) is 24.6 Å². The van der Waals surface area contributed by atoms with Crippen molar-refractivity contribution in [3.05, 3.63) is 34.6 Å². The van der Waals surface area contributed by atoms with Gasteiger partial charge in [-0.3, -0.25) is 11.3 Å². The van der Waals surface area contributed by atoms with Gasteiger partial charge in [-0.15, -0.1) is 11.8 Å². The molecule has 0 aromatic heterocycles. The lowest BCUT2D eigenvalue weighted by atomic mass is 10.0. The zero-order chi connectivity index (χ0) is 11.3. The second-order valence-corrected chi connectivity index (χ2v) is 3.43. The average Bonchev–Trinajstić information content (AvgIpc) is 2.24. The number of rotatable bonds is 3. The molecule has 0 saturated carbocycles. The van der Waals surface area contributed by atoms with Gasteiger partial charge in [0.15, 0.2) is 0 Å². The molecule has 15 heavy (non-hydrogen) atoms. The summed E-state index contributed by atoms with van der Waals surface area (Å²) in [6, 6.07) is 4.43. The van der Waals surface area contributed by atoms with Gasteiger partial charge >= 0.3 is 0 Å². The molecule has 0 amide bonds. The Morgan fingerprint density at radius 2 is 2.33 bits per heavy atom. The van der Waals surface area contributed by atoms with E-state index in [0.717, 1.165) is 5.56 Å². The lowest BCUT2D eigenvalue weighted by molar-refractivity contribution is 0.558. The van der Waals surface area contributed by atoms with Crippen LogP contribution in [-0.4, -0.2) is 0 Å². The van der Waals surface area contributed by atoms with E-state index in [2.05, 4.69) is 17.3 Å². The number of hydrogen-bond acceptors (Lipinski definition) is 2. The molecule has 0 aliphatic rings. The van der Waals surface area contributed by atoms with Crippen LogP contribution in [0, 0.1) is 17.7 Å². The highest BCUT2D eigenvalue weighted by Gasteiger charge is 2.10. The van der Waals surface area contributed by atoms with Crippen molar-refractivity contribution in [3.63, 3.8) is 0 Å². The molecule has 0 aliphatic carbocycles. The van der Waals surface area contributed by atoms with Crippen LogP contribution in [-0.2, 0) is 0 Å². The Morgan fingerprint density at radius 1 is 1.60 bits per heavy atom. The lowest BCUT2D eigenvalue weighted by Gasteiger charge is -2.13. The Labute approximate surface area is 93.6 Å². The topological polar surface area (TPSA) is 38.0 Å². The monoisotopic (exact) mass is 226 g/mol. The maximum Gasteiger partial charge on any atom is 0.142 e. The fourth-order valence-electron chi connectivity index (χ4n) is 1.21. The second-order valence-electron chi connectivity index (χ2n) is 3.02. The fraction of sp³-hybridized carbons (Fsp3) is 0.273. The van der Waals surface area contributed by atoms with Crippen molar-refractivity contribution in [1.29, 1.82) is 0 Å². The van der Waals surface area contributed by atoms with E-state index in [1.807, 2.05) is 0 Å². The first-order valence-electron chi connectivity index (χ1n) is 4.49. The number of hydrogen-bond donors (Lipinski definition) is 2. The molecule has 0 spiro atoms. The largest absolute Gasteiger partial charge is 0.271 e. The van der Waals surface area contributed by atoms with Crippen LogP contribution in [0.3, 0.4) is 0 Å². The minimum Gasteiger partial charge on any atom is -0.271 e. The summed E-state index contributed by atoms with van der Waals surface area (Å²) in [5.74, 6) is 10.6. The van der Waals surface area contributed by atoms with Gasteiger partial charge < -0.3 is 0 Å². The normalized spacial score (nSPS) is 11.7. The van der Waals surface area contributed by atoms with Crippen LogP contribution in [0.1, 0.15) is 24.9 Å². The summed E-state index contributed by atoms with van der Waals surface area (Å²) in [6.07, 6.45) is 0.536. The highest BCUT2D eigenvalue weighted by molar-refractivity contribution is 6.30. The molecule has 1 aromatic carbocycles.